The number of carboxylic acids is 1. The van der Waals surface area contributed by atoms with Gasteiger partial charge in [0.1, 0.15) is 6.54 Å². The monoisotopic (exact) mass is 281 g/mol. The van der Waals surface area contributed by atoms with Gasteiger partial charge in [-0.15, -0.1) is 0 Å². The summed E-state index contributed by atoms with van der Waals surface area (Å²) in [6.07, 6.45) is -0.0322. The molecule has 0 fully saturated rings. The molecule has 1 N–H and O–H groups in total. The van der Waals surface area contributed by atoms with Gasteiger partial charge in [-0.25, -0.2) is 0 Å². The maximum absolute atomic E-state index is 12.3. The Morgan fingerprint density at radius 3 is 2.50 bits per heavy atom. The molecule has 0 atom stereocenters. The second-order valence-corrected chi connectivity index (χ2v) is 5.46. The van der Waals surface area contributed by atoms with Crippen molar-refractivity contribution in [1.29, 1.82) is 0 Å². The number of amides is 1. The van der Waals surface area contributed by atoms with Crippen LogP contribution in [0.2, 0.25) is 0 Å². The second kappa shape index (κ2) is 7.07. The van der Waals surface area contributed by atoms with Gasteiger partial charge in [0.2, 0.25) is 5.91 Å². The normalized spacial score (nSPS) is 10.8. The quantitative estimate of drug-likeness (QED) is 0.821. The summed E-state index contributed by atoms with van der Waals surface area (Å²) in [5.74, 6) is -0.683. The molecule has 20 heavy (non-hydrogen) atoms. The summed E-state index contributed by atoms with van der Waals surface area (Å²) in [6, 6.07) is 1.91. The molecule has 6 heteroatoms. The second-order valence-electron chi connectivity index (χ2n) is 5.46. The zero-order chi connectivity index (χ0) is 15.3. The van der Waals surface area contributed by atoms with Crippen LogP contribution in [0.25, 0.3) is 0 Å². The van der Waals surface area contributed by atoms with E-state index >= 15 is 0 Å². The van der Waals surface area contributed by atoms with E-state index in [1.165, 1.54) is 0 Å². The highest BCUT2D eigenvalue weighted by Crippen LogP contribution is 2.06. The van der Waals surface area contributed by atoms with Gasteiger partial charge in [-0.3, -0.25) is 14.3 Å². The largest absolute Gasteiger partial charge is 0.481 e. The molecular weight excluding hydrogens is 258 g/mol. The van der Waals surface area contributed by atoms with Crippen molar-refractivity contribution in [2.45, 2.75) is 40.7 Å². The number of rotatable bonds is 7. The Bertz CT molecular complexity index is 480. The molecule has 0 radical (unpaired) electrons. The van der Waals surface area contributed by atoms with Gasteiger partial charge in [-0.1, -0.05) is 13.8 Å². The highest BCUT2D eigenvalue weighted by atomic mass is 16.4. The van der Waals surface area contributed by atoms with Crippen LogP contribution in [0.3, 0.4) is 0 Å². The molecule has 0 saturated carbocycles. The first-order valence-electron chi connectivity index (χ1n) is 6.80. The molecule has 112 valence electrons. The van der Waals surface area contributed by atoms with Crippen LogP contribution in [0.5, 0.6) is 0 Å². The summed E-state index contributed by atoms with van der Waals surface area (Å²) in [5, 5.41) is 13.0. The minimum Gasteiger partial charge on any atom is -0.481 e. The lowest BCUT2D eigenvalue weighted by Gasteiger charge is -2.24. The van der Waals surface area contributed by atoms with Gasteiger partial charge in [0.25, 0.3) is 0 Å². The average Bonchev–Trinajstić information content (AvgIpc) is 2.62. The molecule has 1 aromatic rings. The van der Waals surface area contributed by atoms with Crippen molar-refractivity contribution >= 4 is 11.9 Å². The Hall–Kier alpha value is -1.85. The van der Waals surface area contributed by atoms with Crippen LogP contribution < -0.4 is 0 Å². The first kappa shape index (κ1) is 16.2. The fourth-order valence-corrected chi connectivity index (χ4v) is 2.05. The lowest BCUT2D eigenvalue weighted by Crippen LogP contribution is -2.38. The molecule has 0 aliphatic heterocycles. The highest BCUT2D eigenvalue weighted by Gasteiger charge is 2.17. The number of carbonyl (C=O) groups is 2. The lowest BCUT2D eigenvalue weighted by atomic mass is 10.2. The topological polar surface area (TPSA) is 75.4 Å². The maximum atomic E-state index is 12.3. The molecule has 0 unspecified atom stereocenters. The van der Waals surface area contributed by atoms with E-state index in [4.69, 9.17) is 5.11 Å². The molecule has 0 spiro atoms. The van der Waals surface area contributed by atoms with E-state index in [0.717, 1.165) is 11.4 Å². The van der Waals surface area contributed by atoms with E-state index < -0.39 is 5.97 Å². The number of nitrogens with zero attached hydrogens (tertiary/aromatic N) is 3. The van der Waals surface area contributed by atoms with Crippen LogP contribution in [-0.2, 0) is 16.1 Å². The number of aryl methyl sites for hydroxylation is 2. The van der Waals surface area contributed by atoms with Crippen molar-refractivity contribution in [2.24, 2.45) is 5.92 Å². The number of aliphatic carboxylic acids is 1. The molecule has 0 aliphatic rings. The molecule has 1 heterocycles. The van der Waals surface area contributed by atoms with E-state index in [2.05, 4.69) is 5.10 Å². The van der Waals surface area contributed by atoms with Gasteiger partial charge in [-0.2, -0.15) is 5.10 Å². The molecule has 1 amide bonds. The van der Waals surface area contributed by atoms with Crippen molar-refractivity contribution in [3.05, 3.63) is 17.5 Å². The summed E-state index contributed by atoms with van der Waals surface area (Å²) >= 11 is 0. The van der Waals surface area contributed by atoms with Gasteiger partial charge >= 0.3 is 5.97 Å². The number of hydrogen-bond acceptors (Lipinski definition) is 3. The zero-order valence-corrected chi connectivity index (χ0v) is 12.6. The fraction of sp³-hybridized carbons (Fsp3) is 0.643. The molecule has 0 aliphatic carbocycles. The van der Waals surface area contributed by atoms with Crippen molar-refractivity contribution in [3.8, 4) is 0 Å². The minimum atomic E-state index is -0.891. The Labute approximate surface area is 119 Å². The standard InChI is InChI=1S/C14H23N3O3/c1-10(2)8-16(6-5-14(19)20)13(18)9-17-12(4)7-11(3)15-17/h7,10H,5-6,8-9H2,1-4H3,(H,19,20). The van der Waals surface area contributed by atoms with Crippen LogP contribution in [0.15, 0.2) is 6.07 Å². The predicted octanol–water partition coefficient (Wildman–Crippen LogP) is 1.46. The number of aromatic nitrogens is 2. The first-order chi connectivity index (χ1) is 9.29. The summed E-state index contributed by atoms with van der Waals surface area (Å²) < 4.78 is 1.66. The Morgan fingerprint density at radius 1 is 1.40 bits per heavy atom. The average molecular weight is 281 g/mol. The maximum Gasteiger partial charge on any atom is 0.305 e. The SMILES string of the molecule is Cc1cc(C)n(CC(=O)N(CCC(=O)O)CC(C)C)n1. The number of hydrogen-bond donors (Lipinski definition) is 1. The van der Waals surface area contributed by atoms with Gasteiger partial charge in [0, 0.05) is 18.8 Å². The summed E-state index contributed by atoms with van der Waals surface area (Å²) in [5.41, 5.74) is 1.80. The van der Waals surface area contributed by atoms with Crippen LogP contribution in [0.1, 0.15) is 31.7 Å². The summed E-state index contributed by atoms with van der Waals surface area (Å²) in [6.45, 7) is 8.75. The van der Waals surface area contributed by atoms with Gasteiger partial charge < -0.3 is 10.0 Å². The molecule has 6 nitrogen and oxygen atoms in total. The van der Waals surface area contributed by atoms with Crippen molar-refractivity contribution in [2.75, 3.05) is 13.1 Å². The Balaban J connectivity index is 2.71. The highest BCUT2D eigenvalue weighted by molar-refractivity contribution is 5.77. The molecule has 0 bridgehead atoms. The Kier molecular flexibility index (Phi) is 5.73. The van der Waals surface area contributed by atoms with Crippen LogP contribution in [-0.4, -0.2) is 44.8 Å². The van der Waals surface area contributed by atoms with E-state index in [-0.39, 0.29) is 25.4 Å². The molecule has 0 aromatic carbocycles. The number of carbonyl (C=O) groups excluding carboxylic acids is 1. The van der Waals surface area contributed by atoms with E-state index in [0.29, 0.717) is 12.5 Å². The van der Waals surface area contributed by atoms with E-state index in [9.17, 15) is 9.59 Å². The van der Waals surface area contributed by atoms with Crippen LogP contribution in [0.4, 0.5) is 0 Å². The third kappa shape index (κ3) is 5.03. The minimum absolute atomic E-state index is 0.0322. The van der Waals surface area contributed by atoms with E-state index in [1.807, 2.05) is 33.8 Å². The molecular formula is C14H23N3O3. The van der Waals surface area contributed by atoms with Gasteiger partial charge in [-0.05, 0) is 25.8 Å². The molecule has 1 rings (SSSR count). The summed E-state index contributed by atoms with van der Waals surface area (Å²) in [7, 11) is 0. The fourth-order valence-electron chi connectivity index (χ4n) is 2.05. The summed E-state index contributed by atoms with van der Waals surface area (Å²) in [4.78, 5) is 24.6. The first-order valence-corrected chi connectivity index (χ1v) is 6.80. The van der Waals surface area contributed by atoms with Gasteiger partial charge in [0.05, 0.1) is 12.1 Å². The van der Waals surface area contributed by atoms with Crippen LogP contribution in [0, 0.1) is 19.8 Å². The van der Waals surface area contributed by atoms with Crippen molar-refractivity contribution in [1.82, 2.24) is 14.7 Å². The number of carboxylic acid groups (broad SMARTS) is 1. The third-order valence-electron chi connectivity index (χ3n) is 2.92. The smallest absolute Gasteiger partial charge is 0.305 e. The predicted molar refractivity (Wildman–Crippen MR) is 75.4 cm³/mol. The van der Waals surface area contributed by atoms with Crippen molar-refractivity contribution in [3.63, 3.8) is 0 Å². The zero-order valence-electron chi connectivity index (χ0n) is 12.6. The van der Waals surface area contributed by atoms with Gasteiger partial charge in [0.15, 0.2) is 0 Å². The Morgan fingerprint density at radius 2 is 2.05 bits per heavy atom. The van der Waals surface area contributed by atoms with Crippen molar-refractivity contribution < 1.29 is 14.7 Å². The molecule has 0 saturated heterocycles. The third-order valence-corrected chi connectivity index (χ3v) is 2.92. The molecule has 1 aromatic heterocycles. The lowest BCUT2D eigenvalue weighted by molar-refractivity contribution is -0.139. The van der Waals surface area contributed by atoms with E-state index in [1.54, 1.807) is 9.58 Å². The van der Waals surface area contributed by atoms with Crippen LogP contribution >= 0.6 is 0 Å².